The van der Waals surface area contributed by atoms with Crippen molar-refractivity contribution in [1.29, 1.82) is 0 Å². The standard InChI is InChI=1S/C24H32N4O2.HI/c1-18-9-10-20(23(15-18)30-14-6-13-29-3)17-28-24(25-2)26-12-11-19-16-27-22-8-5-4-7-21(19)22;/h4-5,7-10,15-16,27H,6,11-14,17H2,1-3H3,(H2,25,26,28);1H. The summed E-state index contributed by atoms with van der Waals surface area (Å²) in [6, 6.07) is 14.7. The van der Waals surface area contributed by atoms with Crippen molar-refractivity contribution in [3.05, 3.63) is 65.4 Å². The lowest BCUT2D eigenvalue weighted by molar-refractivity contribution is 0.172. The van der Waals surface area contributed by atoms with Crippen molar-refractivity contribution < 1.29 is 9.47 Å². The maximum atomic E-state index is 5.97. The molecule has 2 aromatic carbocycles. The largest absolute Gasteiger partial charge is 0.493 e. The predicted molar refractivity (Wildman–Crippen MR) is 139 cm³/mol. The number of halogens is 1. The van der Waals surface area contributed by atoms with Crippen molar-refractivity contribution in [1.82, 2.24) is 15.6 Å². The Kier molecular flexibility index (Phi) is 10.7. The van der Waals surface area contributed by atoms with Crippen LogP contribution in [0.1, 0.15) is 23.1 Å². The molecule has 3 rings (SSSR count). The van der Waals surface area contributed by atoms with Crippen molar-refractivity contribution in [3.63, 3.8) is 0 Å². The van der Waals surface area contributed by atoms with Crippen LogP contribution >= 0.6 is 24.0 Å². The first-order valence-electron chi connectivity index (χ1n) is 10.4. The number of para-hydroxylation sites is 1. The number of nitrogens with one attached hydrogen (secondary N) is 3. The number of guanidine groups is 1. The number of aryl methyl sites for hydroxylation is 1. The number of hydrogen-bond acceptors (Lipinski definition) is 3. The first-order chi connectivity index (χ1) is 14.7. The topological polar surface area (TPSA) is 70.7 Å². The Labute approximate surface area is 201 Å². The van der Waals surface area contributed by atoms with Gasteiger partial charge in [0.05, 0.1) is 6.61 Å². The number of aromatic amines is 1. The summed E-state index contributed by atoms with van der Waals surface area (Å²) in [5.41, 5.74) is 4.77. The van der Waals surface area contributed by atoms with Crippen LogP contribution in [0.5, 0.6) is 5.75 Å². The summed E-state index contributed by atoms with van der Waals surface area (Å²) in [5, 5.41) is 8.07. The van der Waals surface area contributed by atoms with Gasteiger partial charge in [-0.05, 0) is 36.6 Å². The summed E-state index contributed by atoms with van der Waals surface area (Å²) in [7, 11) is 3.50. The van der Waals surface area contributed by atoms with Gasteiger partial charge in [0.2, 0.25) is 0 Å². The number of fused-ring (bicyclic) bond motifs is 1. The molecule has 0 amide bonds. The fourth-order valence-corrected chi connectivity index (χ4v) is 3.38. The van der Waals surface area contributed by atoms with Crippen molar-refractivity contribution in [2.24, 2.45) is 4.99 Å². The van der Waals surface area contributed by atoms with Crippen molar-refractivity contribution in [2.45, 2.75) is 26.3 Å². The smallest absolute Gasteiger partial charge is 0.191 e. The Morgan fingerprint density at radius 3 is 2.71 bits per heavy atom. The van der Waals surface area contributed by atoms with E-state index in [1.54, 1.807) is 14.2 Å². The highest BCUT2D eigenvalue weighted by atomic mass is 127. The summed E-state index contributed by atoms with van der Waals surface area (Å²) >= 11 is 0. The average Bonchev–Trinajstić information content (AvgIpc) is 3.18. The van der Waals surface area contributed by atoms with Gasteiger partial charge in [-0.25, -0.2) is 0 Å². The molecule has 7 heteroatoms. The molecule has 0 unspecified atom stereocenters. The van der Waals surface area contributed by atoms with Crippen molar-refractivity contribution in [2.75, 3.05) is 33.9 Å². The molecule has 0 radical (unpaired) electrons. The third-order valence-corrected chi connectivity index (χ3v) is 5.00. The number of nitrogens with zero attached hydrogens (tertiary/aromatic N) is 1. The molecule has 0 bridgehead atoms. The summed E-state index contributed by atoms with van der Waals surface area (Å²) in [4.78, 5) is 7.67. The highest BCUT2D eigenvalue weighted by Crippen LogP contribution is 2.21. The van der Waals surface area contributed by atoms with E-state index < -0.39 is 0 Å². The molecular formula is C24H33IN4O2. The highest BCUT2D eigenvalue weighted by molar-refractivity contribution is 14.0. The van der Waals surface area contributed by atoms with Crippen molar-refractivity contribution in [3.8, 4) is 5.75 Å². The van der Waals surface area contributed by atoms with E-state index in [1.807, 2.05) is 6.07 Å². The lowest BCUT2D eigenvalue weighted by atomic mass is 10.1. The fraction of sp³-hybridized carbons (Fsp3) is 0.375. The molecule has 6 nitrogen and oxygen atoms in total. The zero-order valence-electron chi connectivity index (χ0n) is 18.5. The van der Waals surface area contributed by atoms with Gasteiger partial charge >= 0.3 is 0 Å². The Balaban J connectivity index is 0.00000341. The lowest BCUT2D eigenvalue weighted by Gasteiger charge is -2.15. The molecule has 0 aliphatic heterocycles. The van der Waals surface area contributed by atoms with Crippen LogP contribution in [0.3, 0.4) is 0 Å². The predicted octanol–water partition coefficient (Wildman–Crippen LogP) is 4.42. The van der Waals surface area contributed by atoms with E-state index in [2.05, 4.69) is 70.1 Å². The summed E-state index contributed by atoms with van der Waals surface area (Å²) < 4.78 is 11.1. The third-order valence-electron chi connectivity index (χ3n) is 5.00. The van der Waals surface area contributed by atoms with Crippen LogP contribution in [0.15, 0.2) is 53.7 Å². The number of H-pyrrole nitrogens is 1. The fourth-order valence-electron chi connectivity index (χ4n) is 3.38. The second-order valence-corrected chi connectivity index (χ2v) is 7.27. The molecule has 0 atom stereocenters. The first kappa shape index (κ1) is 25.0. The lowest BCUT2D eigenvalue weighted by Crippen LogP contribution is -2.37. The molecule has 0 saturated heterocycles. The van der Waals surface area contributed by atoms with Gasteiger partial charge in [0.25, 0.3) is 0 Å². The molecule has 0 aliphatic carbocycles. The van der Waals surface area contributed by atoms with E-state index in [0.717, 1.165) is 36.7 Å². The van der Waals surface area contributed by atoms with Gasteiger partial charge in [0, 0.05) is 62.9 Å². The van der Waals surface area contributed by atoms with Gasteiger partial charge < -0.3 is 25.1 Å². The van der Waals surface area contributed by atoms with Crippen LogP contribution in [0.25, 0.3) is 10.9 Å². The van der Waals surface area contributed by atoms with Gasteiger partial charge in [0.1, 0.15) is 5.75 Å². The number of methoxy groups -OCH3 is 1. The van der Waals surface area contributed by atoms with Gasteiger partial charge in [-0.2, -0.15) is 0 Å². The monoisotopic (exact) mass is 536 g/mol. The van der Waals surface area contributed by atoms with E-state index in [4.69, 9.17) is 9.47 Å². The normalized spacial score (nSPS) is 11.3. The summed E-state index contributed by atoms with van der Waals surface area (Å²) in [6.45, 7) is 4.86. The van der Waals surface area contributed by atoms with Gasteiger partial charge in [-0.3, -0.25) is 4.99 Å². The second-order valence-electron chi connectivity index (χ2n) is 7.27. The van der Waals surface area contributed by atoms with Gasteiger partial charge in [-0.1, -0.05) is 30.3 Å². The van der Waals surface area contributed by atoms with Crippen LogP contribution in [-0.4, -0.2) is 44.9 Å². The van der Waals surface area contributed by atoms with Crippen molar-refractivity contribution >= 4 is 40.8 Å². The molecule has 0 fully saturated rings. The molecule has 0 saturated carbocycles. The van der Waals surface area contributed by atoms with E-state index in [1.165, 1.54) is 22.0 Å². The number of aromatic nitrogens is 1. The Bertz CT molecular complexity index is 971. The number of hydrogen-bond donors (Lipinski definition) is 3. The SMILES string of the molecule is CN=C(NCCc1c[nH]c2ccccc12)NCc1ccc(C)cc1OCCCOC.I. The minimum Gasteiger partial charge on any atom is -0.493 e. The van der Waals surface area contributed by atoms with E-state index >= 15 is 0 Å². The molecule has 1 heterocycles. The van der Waals surface area contributed by atoms with Crippen LogP contribution in [0, 0.1) is 6.92 Å². The van der Waals surface area contributed by atoms with Crippen LogP contribution < -0.4 is 15.4 Å². The minimum absolute atomic E-state index is 0. The molecule has 0 aliphatic rings. The number of aliphatic imine (C=N–C) groups is 1. The number of ether oxygens (including phenoxy) is 2. The van der Waals surface area contributed by atoms with Crippen LogP contribution in [0.2, 0.25) is 0 Å². The molecule has 0 spiro atoms. The Morgan fingerprint density at radius 2 is 1.90 bits per heavy atom. The zero-order chi connectivity index (χ0) is 21.2. The number of rotatable bonds is 10. The zero-order valence-corrected chi connectivity index (χ0v) is 20.9. The molecule has 3 aromatic rings. The summed E-state index contributed by atoms with van der Waals surface area (Å²) in [5.74, 6) is 1.69. The van der Waals surface area contributed by atoms with Crippen LogP contribution in [-0.2, 0) is 17.7 Å². The van der Waals surface area contributed by atoms with E-state index in [-0.39, 0.29) is 24.0 Å². The van der Waals surface area contributed by atoms with E-state index in [9.17, 15) is 0 Å². The number of benzene rings is 2. The minimum atomic E-state index is 0. The average molecular weight is 536 g/mol. The maximum absolute atomic E-state index is 5.97. The molecular weight excluding hydrogens is 503 g/mol. The van der Waals surface area contributed by atoms with Gasteiger partial charge in [0.15, 0.2) is 5.96 Å². The first-order valence-corrected chi connectivity index (χ1v) is 10.4. The summed E-state index contributed by atoms with van der Waals surface area (Å²) in [6.07, 6.45) is 3.87. The third kappa shape index (κ3) is 7.43. The Morgan fingerprint density at radius 1 is 1.06 bits per heavy atom. The molecule has 31 heavy (non-hydrogen) atoms. The quantitative estimate of drug-likeness (QED) is 0.155. The van der Waals surface area contributed by atoms with Crippen LogP contribution in [0.4, 0.5) is 0 Å². The van der Waals surface area contributed by atoms with E-state index in [0.29, 0.717) is 19.8 Å². The molecule has 3 N–H and O–H groups in total. The molecule has 168 valence electrons. The Hall–Kier alpha value is -2.26. The second kappa shape index (κ2) is 13.2. The molecule has 1 aromatic heterocycles. The highest BCUT2D eigenvalue weighted by Gasteiger charge is 2.07. The van der Waals surface area contributed by atoms with Gasteiger partial charge in [-0.15, -0.1) is 24.0 Å². The maximum Gasteiger partial charge on any atom is 0.191 e.